The van der Waals surface area contributed by atoms with Crippen molar-refractivity contribution in [2.75, 3.05) is 19.0 Å². The molecular weight excluding hydrogens is 535 g/mol. The van der Waals surface area contributed by atoms with E-state index in [-0.39, 0.29) is 29.6 Å². The van der Waals surface area contributed by atoms with Crippen LogP contribution in [0.3, 0.4) is 0 Å². The molecule has 1 aliphatic heterocycles. The summed E-state index contributed by atoms with van der Waals surface area (Å²) >= 11 is 0. The van der Waals surface area contributed by atoms with Crippen molar-refractivity contribution in [2.24, 2.45) is 7.05 Å². The van der Waals surface area contributed by atoms with Crippen LogP contribution in [0.4, 0.5) is 10.1 Å². The Morgan fingerprint density at radius 1 is 1.02 bits per heavy atom. The summed E-state index contributed by atoms with van der Waals surface area (Å²) < 4.78 is 22.4. The predicted molar refractivity (Wildman–Crippen MR) is 161 cm³/mol. The van der Waals surface area contributed by atoms with Gasteiger partial charge in [0, 0.05) is 50.0 Å². The quantitative estimate of drug-likeness (QED) is 0.286. The van der Waals surface area contributed by atoms with E-state index in [0.29, 0.717) is 35.5 Å². The van der Waals surface area contributed by atoms with Gasteiger partial charge >= 0.3 is 0 Å². The number of anilines is 1. The second-order valence-electron chi connectivity index (χ2n) is 10.5. The summed E-state index contributed by atoms with van der Waals surface area (Å²) in [6.07, 6.45) is 1.97. The number of carbonyl (C=O) groups is 2. The number of halogens is 1. The minimum Gasteiger partial charge on any atom is -0.496 e. The minimum atomic E-state index is -0.477. The van der Waals surface area contributed by atoms with E-state index in [4.69, 9.17) is 4.74 Å². The Kier molecular flexibility index (Phi) is 8.22. The third kappa shape index (κ3) is 5.69. The monoisotopic (exact) mass is 568 g/mol. The molecule has 9 heteroatoms. The first-order chi connectivity index (χ1) is 20.2. The van der Waals surface area contributed by atoms with Gasteiger partial charge in [0.25, 0.3) is 11.5 Å². The Morgan fingerprint density at radius 3 is 2.45 bits per heavy atom. The molecule has 2 amide bonds. The zero-order chi connectivity index (χ0) is 30.0. The van der Waals surface area contributed by atoms with Crippen molar-refractivity contribution in [3.8, 4) is 28.0 Å². The summed E-state index contributed by atoms with van der Waals surface area (Å²) in [5.41, 5.74) is 5.81. The molecule has 3 N–H and O–H groups in total. The molecule has 0 aliphatic carbocycles. The predicted octanol–water partition coefficient (Wildman–Crippen LogP) is 4.71. The number of nitrogens with one attached hydrogen (secondary N) is 3. The van der Waals surface area contributed by atoms with E-state index < -0.39 is 11.7 Å². The van der Waals surface area contributed by atoms with Crippen LogP contribution in [0, 0.1) is 19.7 Å². The van der Waals surface area contributed by atoms with Gasteiger partial charge < -0.3 is 25.3 Å². The van der Waals surface area contributed by atoms with Gasteiger partial charge in [-0.1, -0.05) is 30.3 Å². The normalized spacial score (nSPS) is 14.5. The average Bonchev–Trinajstić information content (AvgIpc) is 3.39. The summed E-state index contributed by atoms with van der Waals surface area (Å²) in [4.78, 5) is 36.9. The van der Waals surface area contributed by atoms with Crippen molar-refractivity contribution in [1.82, 2.24) is 15.2 Å². The first kappa shape index (κ1) is 28.8. The first-order valence-corrected chi connectivity index (χ1v) is 13.7. The standard InChI is InChI=1S/C33H33FN4O4/c1-19-23(21-14-28(34)27(30(15-21)42-4)18-35-22-16-31(39)36-17-22)8-5-9-24(19)25-10-6-12-29(20(25)2)37-32(40)26-11-7-13-38(3)33(26)41/h5-15,22,35H,16-18H2,1-4H3,(H,36,39)(H,37,40). The second-order valence-corrected chi connectivity index (χ2v) is 10.5. The van der Waals surface area contributed by atoms with E-state index in [2.05, 4.69) is 16.0 Å². The van der Waals surface area contributed by atoms with Crippen molar-refractivity contribution in [2.45, 2.75) is 32.9 Å². The highest BCUT2D eigenvalue weighted by molar-refractivity contribution is 6.05. The lowest BCUT2D eigenvalue weighted by Crippen LogP contribution is -2.30. The smallest absolute Gasteiger partial charge is 0.263 e. The Labute approximate surface area is 243 Å². The fourth-order valence-electron chi connectivity index (χ4n) is 5.38. The molecule has 0 radical (unpaired) electrons. The topological polar surface area (TPSA) is 101 Å². The fourth-order valence-corrected chi connectivity index (χ4v) is 5.38. The Balaban J connectivity index is 1.45. The largest absolute Gasteiger partial charge is 0.496 e. The van der Waals surface area contributed by atoms with E-state index in [0.717, 1.165) is 27.8 Å². The Morgan fingerprint density at radius 2 is 1.74 bits per heavy atom. The molecule has 4 aromatic rings. The highest BCUT2D eigenvalue weighted by Crippen LogP contribution is 2.37. The van der Waals surface area contributed by atoms with Gasteiger partial charge in [0.2, 0.25) is 5.91 Å². The van der Waals surface area contributed by atoms with Gasteiger partial charge in [-0.2, -0.15) is 0 Å². The summed E-state index contributed by atoms with van der Waals surface area (Å²) in [6, 6.07) is 17.9. The maximum atomic E-state index is 15.5. The first-order valence-electron chi connectivity index (χ1n) is 13.7. The Hall–Kier alpha value is -4.76. The molecule has 0 saturated carbocycles. The molecule has 0 spiro atoms. The van der Waals surface area contributed by atoms with E-state index in [9.17, 15) is 14.4 Å². The number of ether oxygens (including phenoxy) is 1. The zero-order valence-electron chi connectivity index (χ0n) is 24.0. The third-order valence-electron chi connectivity index (χ3n) is 7.80. The molecule has 0 bridgehead atoms. The number of hydrogen-bond donors (Lipinski definition) is 3. The van der Waals surface area contributed by atoms with E-state index in [1.165, 1.54) is 23.8 Å². The number of nitrogens with zero attached hydrogens (tertiary/aromatic N) is 1. The summed E-state index contributed by atoms with van der Waals surface area (Å²) in [6.45, 7) is 4.65. The van der Waals surface area contributed by atoms with Gasteiger partial charge in [0.1, 0.15) is 17.1 Å². The van der Waals surface area contributed by atoms with Crippen molar-refractivity contribution in [3.63, 3.8) is 0 Å². The molecule has 1 fully saturated rings. The van der Waals surface area contributed by atoms with Gasteiger partial charge in [0.05, 0.1) is 7.11 Å². The number of pyridine rings is 1. The highest BCUT2D eigenvalue weighted by Gasteiger charge is 2.23. The third-order valence-corrected chi connectivity index (χ3v) is 7.80. The molecule has 5 rings (SSSR count). The molecule has 8 nitrogen and oxygen atoms in total. The van der Waals surface area contributed by atoms with Crippen molar-refractivity contribution >= 4 is 17.5 Å². The molecule has 1 unspecified atom stereocenters. The lowest BCUT2D eigenvalue weighted by Gasteiger charge is -2.18. The number of amides is 2. The number of aromatic nitrogens is 1. The van der Waals surface area contributed by atoms with E-state index in [1.54, 1.807) is 25.4 Å². The zero-order valence-corrected chi connectivity index (χ0v) is 24.0. The summed E-state index contributed by atoms with van der Waals surface area (Å²) in [5.74, 6) is -0.468. The van der Waals surface area contributed by atoms with Gasteiger partial charge in [-0.15, -0.1) is 0 Å². The fraction of sp³-hybridized carbons (Fsp3) is 0.242. The maximum absolute atomic E-state index is 15.5. The minimum absolute atomic E-state index is 0.0178. The van der Waals surface area contributed by atoms with Crippen LogP contribution in [0.25, 0.3) is 22.3 Å². The van der Waals surface area contributed by atoms with Crippen LogP contribution in [0.1, 0.15) is 33.5 Å². The number of methoxy groups -OCH3 is 1. The van der Waals surface area contributed by atoms with Crippen molar-refractivity contribution in [1.29, 1.82) is 0 Å². The maximum Gasteiger partial charge on any atom is 0.263 e. The average molecular weight is 569 g/mol. The SMILES string of the molecule is COc1cc(-c2cccc(-c3cccc(NC(=O)c4cccn(C)c4=O)c3C)c2C)cc(F)c1CNC1CNC(=O)C1. The van der Waals surface area contributed by atoms with Crippen LogP contribution in [0.2, 0.25) is 0 Å². The molecule has 1 aliphatic rings. The van der Waals surface area contributed by atoms with Gasteiger partial charge in [-0.05, 0) is 77.6 Å². The van der Waals surface area contributed by atoms with Crippen LogP contribution in [-0.2, 0) is 18.4 Å². The molecule has 216 valence electrons. The molecule has 1 atom stereocenters. The van der Waals surface area contributed by atoms with E-state index in [1.807, 2.05) is 50.2 Å². The van der Waals surface area contributed by atoms with Gasteiger partial charge in [-0.25, -0.2) is 4.39 Å². The molecule has 3 aromatic carbocycles. The molecular formula is C33H33FN4O4. The number of carbonyl (C=O) groups excluding carboxylic acids is 2. The van der Waals surface area contributed by atoms with Crippen LogP contribution < -0.4 is 26.2 Å². The number of aryl methyl sites for hydroxylation is 1. The molecule has 2 heterocycles. The van der Waals surface area contributed by atoms with E-state index >= 15 is 4.39 Å². The van der Waals surface area contributed by atoms with Crippen LogP contribution >= 0.6 is 0 Å². The summed E-state index contributed by atoms with van der Waals surface area (Å²) in [7, 11) is 3.12. The van der Waals surface area contributed by atoms with Crippen LogP contribution in [-0.4, -0.2) is 36.1 Å². The van der Waals surface area contributed by atoms with Crippen molar-refractivity contribution < 1.29 is 18.7 Å². The molecule has 42 heavy (non-hydrogen) atoms. The lowest BCUT2D eigenvalue weighted by molar-refractivity contribution is -0.119. The second kappa shape index (κ2) is 12.0. The lowest BCUT2D eigenvalue weighted by atomic mass is 9.90. The molecule has 1 aromatic heterocycles. The number of rotatable bonds is 8. The van der Waals surface area contributed by atoms with Crippen LogP contribution in [0.5, 0.6) is 5.75 Å². The van der Waals surface area contributed by atoms with Crippen LogP contribution in [0.15, 0.2) is 71.7 Å². The van der Waals surface area contributed by atoms with Crippen molar-refractivity contribution in [3.05, 3.63) is 105 Å². The number of hydrogen-bond acceptors (Lipinski definition) is 5. The Bertz CT molecular complexity index is 1750. The van der Waals surface area contributed by atoms with Gasteiger partial charge in [-0.3, -0.25) is 14.4 Å². The molecule has 1 saturated heterocycles. The number of benzene rings is 3. The highest BCUT2D eigenvalue weighted by atomic mass is 19.1. The van der Waals surface area contributed by atoms with Gasteiger partial charge in [0.15, 0.2) is 0 Å². The summed E-state index contributed by atoms with van der Waals surface area (Å²) in [5, 5.41) is 8.89.